The molecule has 4 heteroatoms. The number of hydrogen-bond acceptors (Lipinski definition) is 3. The summed E-state index contributed by atoms with van der Waals surface area (Å²) in [6, 6.07) is 44.3. The highest BCUT2D eigenvalue weighted by molar-refractivity contribution is 6.11. The van der Waals surface area contributed by atoms with Crippen LogP contribution < -0.4 is 0 Å². The molecule has 0 unspecified atom stereocenters. The van der Waals surface area contributed by atoms with Gasteiger partial charge in [0.15, 0.2) is 5.82 Å². The zero-order valence-electron chi connectivity index (χ0n) is 22.8. The summed E-state index contributed by atoms with van der Waals surface area (Å²) in [7, 11) is 0. The van der Waals surface area contributed by atoms with E-state index in [-0.39, 0.29) is 0 Å². The van der Waals surface area contributed by atoms with Gasteiger partial charge in [-0.3, -0.25) is 0 Å². The van der Waals surface area contributed by atoms with E-state index in [1.54, 1.807) is 0 Å². The minimum atomic E-state index is 0.590. The van der Waals surface area contributed by atoms with Gasteiger partial charge < -0.3 is 4.57 Å². The Morgan fingerprint density at radius 1 is 0.537 bits per heavy atom. The van der Waals surface area contributed by atoms with Gasteiger partial charge in [0, 0.05) is 27.7 Å². The molecule has 0 aliphatic carbocycles. The molecule has 7 aromatic rings. The van der Waals surface area contributed by atoms with Crippen LogP contribution in [0.4, 0.5) is 0 Å². The minimum absolute atomic E-state index is 0.590. The molecule has 0 amide bonds. The van der Waals surface area contributed by atoms with Crippen molar-refractivity contribution in [1.82, 2.24) is 14.5 Å². The van der Waals surface area contributed by atoms with Crippen LogP contribution in [0, 0.1) is 25.2 Å². The van der Waals surface area contributed by atoms with Gasteiger partial charge in [0.2, 0.25) is 0 Å². The van der Waals surface area contributed by atoms with Gasteiger partial charge in [-0.2, -0.15) is 5.26 Å². The second-order valence-corrected chi connectivity index (χ2v) is 10.3. The van der Waals surface area contributed by atoms with Crippen molar-refractivity contribution < 1.29 is 0 Å². The molecule has 0 radical (unpaired) electrons. The first kappa shape index (κ1) is 24.5. The fourth-order valence-corrected chi connectivity index (χ4v) is 5.70. The summed E-state index contributed by atoms with van der Waals surface area (Å²) in [4.78, 5) is 9.42. The van der Waals surface area contributed by atoms with E-state index in [4.69, 9.17) is 9.97 Å². The molecule has 0 fully saturated rings. The molecule has 5 aromatic carbocycles. The summed E-state index contributed by atoms with van der Waals surface area (Å²) < 4.78 is 2.23. The van der Waals surface area contributed by atoms with E-state index >= 15 is 0 Å². The molecule has 0 saturated heterocycles. The molecular formula is C37H26N4. The molecule has 0 N–H and O–H groups in total. The molecule has 0 aliphatic heterocycles. The van der Waals surface area contributed by atoms with Gasteiger partial charge >= 0.3 is 0 Å². The zero-order chi connectivity index (χ0) is 27.9. The second-order valence-electron chi connectivity index (χ2n) is 10.3. The summed E-state index contributed by atoms with van der Waals surface area (Å²) in [6.07, 6.45) is 0. The monoisotopic (exact) mass is 526 g/mol. The zero-order valence-corrected chi connectivity index (χ0v) is 22.8. The summed E-state index contributed by atoms with van der Waals surface area (Å²) in [5.41, 5.74) is 10.7. The predicted octanol–water partition coefficient (Wildman–Crippen LogP) is 9.06. The maximum atomic E-state index is 10.3. The van der Waals surface area contributed by atoms with E-state index < -0.39 is 0 Å². The normalized spacial score (nSPS) is 11.1. The van der Waals surface area contributed by atoms with Crippen molar-refractivity contribution in [2.24, 2.45) is 0 Å². The molecule has 41 heavy (non-hydrogen) atoms. The van der Waals surface area contributed by atoms with E-state index in [0.717, 1.165) is 66.7 Å². The van der Waals surface area contributed by atoms with Gasteiger partial charge in [0.25, 0.3) is 0 Å². The average Bonchev–Trinajstić information content (AvgIpc) is 3.34. The van der Waals surface area contributed by atoms with Crippen LogP contribution in [0.3, 0.4) is 0 Å². The molecule has 2 heterocycles. The van der Waals surface area contributed by atoms with Crippen LogP contribution in [0.5, 0.6) is 0 Å². The van der Waals surface area contributed by atoms with Crippen molar-refractivity contribution in [3.8, 4) is 45.4 Å². The lowest BCUT2D eigenvalue weighted by Crippen LogP contribution is -2.00. The van der Waals surface area contributed by atoms with Gasteiger partial charge in [-0.15, -0.1) is 0 Å². The van der Waals surface area contributed by atoms with Crippen LogP contribution in [-0.2, 0) is 0 Å². The molecule has 0 bridgehead atoms. The molecule has 0 aliphatic rings. The lowest BCUT2D eigenvalue weighted by molar-refractivity contribution is 1.06. The van der Waals surface area contributed by atoms with Crippen molar-refractivity contribution in [2.45, 2.75) is 13.8 Å². The fraction of sp³-hybridized carbons (Fsp3) is 0.0541. The van der Waals surface area contributed by atoms with E-state index in [1.807, 2.05) is 44.2 Å². The van der Waals surface area contributed by atoms with Gasteiger partial charge in [-0.25, -0.2) is 9.97 Å². The summed E-state index contributed by atoms with van der Waals surface area (Å²) in [5.74, 6) is 0.656. The van der Waals surface area contributed by atoms with Crippen LogP contribution in [-0.4, -0.2) is 14.5 Å². The third kappa shape index (κ3) is 4.34. The fourth-order valence-electron chi connectivity index (χ4n) is 5.70. The molecule has 0 atom stereocenters. The van der Waals surface area contributed by atoms with E-state index in [2.05, 4.69) is 102 Å². The highest BCUT2D eigenvalue weighted by Gasteiger charge is 2.18. The summed E-state index contributed by atoms with van der Waals surface area (Å²) >= 11 is 0. The Labute approximate surface area is 238 Å². The Kier molecular flexibility index (Phi) is 5.91. The van der Waals surface area contributed by atoms with Gasteiger partial charge in [-0.05, 0) is 72.5 Å². The van der Waals surface area contributed by atoms with E-state index in [1.165, 1.54) is 0 Å². The van der Waals surface area contributed by atoms with Crippen LogP contribution in [0.25, 0.3) is 61.1 Å². The van der Waals surface area contributed by atoms with E-state index in [9.17, 15) is 5.26 Å². The lowest BCUT2D eigenvalue weighted by Gasteiger charge is -2.13. The third-order valence-corrected chi connectivity index (χ3v) is 7.58. The maximum absolute atomic E-state index is 10.3. The van der Waals surface area contributed by atoms with Gasteiger partial charge in [0.05, 0.1) is 22.3 Å². The SMILES string of the molecule is Cc1cc(C)nc(-c2ccc(C#N)c(-n3c4cc(-c5ccccc5)ccc4c4ccc(-c5ccccc5)cc43)c2)n1. The molecule has 7 rings (SSSR count). The molecular weight excluding hydrogens is 500 g/mol. The van der Waals surface area contributed by atoms with E-state index in [0.29, 0.717) is 11.4 Å². The highest BCUT2D eigenvalue weighted by atomic mass is 15.0. The first-order valence-electron chi connectivity index (χ1n) is 13.7. The van der Waals surface area contributed by atoms with Gasteiger partial charge in [-0.1, -0.05) is 84.9 Å². The Hall–Kier alpha value is -5.53. The number of aromatic nitrogens is 3. The second kappa shape index (κ2) is 9.89. The number of fused-ring (bicyclic) bond motifs is 3. The molecule has 4 nitrogen and oxygen atoms in total. The van der Waals surface area contributed by atoms with Crippen LogP contribution >= 0.6 is 0 Å². The lowest BCUT2D eigenvalue weighted by atomic mass is 10.0. The summed E-state index contributed by atoms with van der Waals surface area (Å²) in [6.45, 7) is 3.96. The Morgan fingerprint density at radius 2 is 1.05 bits per heavy atom. The first-order chi connectivity index (χ1) is 20.1. The molecule has 0 saturated carbocycles. The smallest absolute Gasteiger partial charge is 0.159 e. The molecule has 194 valence electrons. The first-order valence-corrected chi connectivity index (χ1v) is 13.7. The van der Waals surface area contributed by atoms with Crippen molar-refractivity contribution in [2.75, 3.05) is 0 Å². The standard InChI is InChI=1S/C37H26N4/c1-24-19-25(2)40-37(39-24)30-13-14-31(23-38)34(22-30)41-35-20-28(26-9-5-3-6-10-26)15-17-32(35)33-18-16-29(21-36(33)41)27-11-7-4-8-12-27/h3-22H,1-2H3. The molecule has 0 spiro atoms. The van der Waals surface area contributed by atoms with Crippen LogP contribution in [0.2, 0.25) is 0 Å². The number of aryl methyl sites for hydroxylation is 2. The Bertz CT molecular complexity index is 2000. The van der Waals surface area contributed by atoms with Crippen molar-refractivity contribution >= 4 is 21.8 Å². The molecule has 2 aromatic heterocycles. The number of nitrogens with zero attached hydrogens (tertiary/aromatic N) is 4. The minimum Gasteiger partial charge on any atom is -0.308 e. The summed E-state index contributed by atoms with van der Waals surface area (Å²) in [5, 5.41) is 12.6. The quantitative estimate of drug-likeness (QED) is 0.230. The number of benzene rings is 5. The Balaban J connectivity index is 1.56. The van der Waals surface area contributed by atoms with Crippen LogP contribution in [0.1, 0.15) is 17.0 Å². The number of nitriles is 1. The Morgan fingerprint density at radius 3 is 1.56 bits per heavy atom. The number of hydrogen-bond donors (Lipinski definition) is 0. The van der Waals surface area contributed by atoms with Crippen molar-refractivity contribution in [3.63, 3.8) is 0 Å². The highest BCUT2D eigenvalue weighted by Crippen LogP contribution is 2.38. The van der Waals surface area contributed by atoms with Crippen molar-refractivity contribution in [1.29, 1.82) is 5.26 Å². The van der Waals surface area contributed by atoms with Crippen LogP contribution in [0.15, 0.2) is 121 Å². The van der Waals surface area contributed by atoms with Crippen molar-refractivity contribution in [3.05, 3.63) is 138 Å². The topological polar surface area (TPSA) is 54.5 Å². The predicted molar refractivity (Wildman–Crippen MR) is 167 cm³/mol. The average molecular weight is 527 g/mol. The van der Waals surface area contributed by atoms with Gasteiger partial charge in [0.1, 0.15) is 6.07 Å². The largest absolute Gasteiger partial charge is 0.308 e. The third-order valence-electron chi connectivity index (χ3n) is 7.58. The number of rotatable bonds is 4. The maximum Gasteiger partial charge on any atom is 0.159 e.